The molecule has 8 nitrogen and oxygen atoms in total. The quantitative estimate of drug-likeness (QED) is 0.532. The van der Waals surface area contributed by atoms with E-state index in [1.807, 2.05) is 13.0 Å². The summed E-state index contributed by atoms with van der Waals surface area (Å²) in [5.41, 5.74) is 7.60. The number of rotatable bonds is 7. The van der Waals surface area contributed by atoms with Crippen molar-refractivity contribution in [3.05, 3.63) is 29.7 Å². The molecule has 0 aromatic carbocycles. The fraction of sp³-hybridized carbons (Fsp3) is 0.619. The summed E-state index contributed by atoms with van der Waals surface area (Å²) in [5, 5.41) is 1.36. The van der Waals surface area contributed by atoms with Gasteiger partial charge in [0.1, 0.15) is 12.4 Å². The van der Waals surface area contributed by atoms with Gasteiger partial charge < -0.3 is 25.1 Å². The zero-order chi connectivity index (χ0) is 21.0. The van der Waals surface area contributed by atoms with Crippen LogP contribution in [0.5, 0.6) is 5.75 Å². The van der Waals surface area contributed by atoms with Gasteiger partial charge in [-0.15, -0.1) is 0 Å². The van der Waals surface area contributed by atoms with Crippen molar-refractivity contribution in [2.75, 3.05) is 20.7 Å². The Kier molecular flexibility index (Phi) is 6.52. The van der Waals surface area contributed by atoms with E-state index in [9.17, 15) is 4.79 Å². The molecule has 0 aliphatic heterocycles. The summed E-state index contributed by atoms with van der Waals surface area (Å²) in [4.78, 5) is 18.3. The monoisotopic (exact) mass is 403 g/mol. The van der Waals surface area contributed by atoms with Gasteiger partial charge in [-0.05, 0) is 57.6 Å². The van der Waals surface area contributed by atoms with Gasteiger partial charge in [-0.2, -0.15) is 0 Å². The van der Waals surface area contributed by atoms with E-state index in [1.165, 1.54) is 24.3 Å². The first kappa shape index (κ1) is 21.2. The maximum atomic E-state index is 12.3. The van der Waals surface area contributed by atoms with Crippen LogP contribution in [-0.4, -0.2) is 53.3 Å². The molecule has 2 saturated carbocycles. The van der Waals surface area contributed by atoms with Crippen LogP contribution in [0.3, 0.4) is 0 Å². The minimum Gasteiger partial charge on any atom is -0.489 e. The summed E-state index contributed by atoms with van der Waals surface area (Å²) >= 11 is 0. The molecule has 0 radical (unpaired) electrons. The number of hydrogen-bond donors (Lipinski definition) is 2. The third-order valence-corrected chi connectivity index (χ3v) is 5.99. The van der Waals surface area contributed by atoms with Gasteiger partial charge in [0.05, 0.1) is 29.4 Å². The highest BCUT2D eigenvalue weighted by atomic mass is 16.6. The summed E-state index contributed by atoms with van der Waals surface area (Å²) in [6.45, 7) is 2.01. The molecule has 1 heterocycles. The summed E-state index contributed by atoms with van der Waals surface area (Å²) in [6.07, 6.45) is 9.41. The Hall–Kier alpha value is -2.48. The molecule has 2 aliphatic carbocycles. The topological polar surface area (TPSA) is 107 Å². The van der Waals surface area contributed by atoms with Crippen LogP contribution in [0.4, 0.5) is 4.79 Å². The van der Waals surface area contributed by atoms with E-state index < -0.39 is 0 Å². The van der Waals surface area contributed by atoms with E-state index in [2.05, 4.69) is 4.98 Å². The standard InChI is InChI=1S/C21H33N5O3/c1-21(11-12-21)25(2)20(27)28-14-18(26(3)23)19(22)17-10-9-16(13-24-17)29-15-7-5-4-6-8-15/h9-10,13,15H,4-8,11-12,14,22-23H2,1-3H3/b19-18-. The molecule has 0 unspecified atom stereocenters. The minimum atomic E-state index is -0.388. The number of hydrogen-bond acceptors (Lipinski definition) is 7. The number of ether oxygens (including phenoxy) is 2. The summed E-state index contributed by atoms with van der Waals surface area (Å²) in [6, 6.07) is 3.67. The Labute approximate surface area is 172 Å². The summed E-state index contributed by atoms with van der Waals surface area (Å²) < 4.78 is 11.4. The van der Waals surface area contributed by atoms with E-state index >= 15 is 0 Å². The van der Waals surface area contributed by atoms with Crippen LogP contribution in [0.25, 0.3) is 5.70 Å². The van der Waals surface area contributed by atoms with E-state index in [0.717, 1.165) is 31.4 Å². The molecule has 2 aliphatic rings. The number of likely N-dealkylation sites (N-methyl/N-ethyl adjacent to an activating group) is 1. The molecule has 8 heteroatoms. The average molecular weight is 404 g/mol. The molecule has 3 rings (SSSR count). The number of carbonyl (C=O) groups excluding carboxylic acids is 1. The Morgan fingerprint density at radius 2 is 1.93 bits per heavy atom. The lowest BCUT2D eigenvalue weighted by molar-refractivity contribution is 0.0976. The van der Waals surface area contributed by atoms with Crippen molar-refractivity contribution < 1.29 is 14.3 Å². The van der Waals surface area contributed by atoms with E-state index in [1.54, 1.807) is 31.3 Å². The molecule has 160 valence electrons. The molecule has 29 heavy (non-hydrogen) atoms. The van der Waals surface area contributed by atoms with Gasteiger partial charge in [-0.25, -0.2) is 10.6 Å². The number of nitrogens with two attached hydrogens (primary N) is 2. The smallest absolute Gasteiger partial charge is 0.410 e. The van der Waals surface area contributed by atoms with Gasteiger partial charge in [-0.1, -0.05) is 6.42 Å². The molecule has 0 atom stereocenters. The number of aromatic nitrogens is 1. The van der Waals surface area contributed by atoms with Gasteiger partial charge in [0.25, 0.3) is 0 Å². The van der Waals surface area contributed by atoms with E-state index in [-0.39, 0.29) is 24.3 Å². The van der Waals surface area contributed by atoms with Crippen molar-refractivity contribution in [1.82, 2.24) is 14.9 Å². The lowest BCUT2D eigenvalue weighted by Gasteiger charge is -2.25. The lowest BCUT2D eigenvalue weighted by atomic mass is 9.98. The van der Waals surface area contributed by atoms with Gasteiger partial charge >= 0.3 is 6.09 Å². The Morgan fingerprint density at radius 1 is 1.24 bits per heavy atom. The average Bonchev–Trinajstić information content (AvgIpc) is 3.47. The second kappa shape index (κ2) is 8.90. The van der Waals surface area contributed by atoms with Crippen molar-refractivity contribution in [2.45, 2.75) is 63.5 Å². The first-order valence-electron chi connectivity index (χ1n) is 10.3. The van der Waals surface area contributed by atoms with E-state index in [0.29, 0.717) is 17.1 Å². The second-order valence-electron chi connectivity index (χ2n) is 8.34. The summed E-state index contributed by atoms with van der Waals surface area (Å²) in [5.74, 6) is 6.66. The molecule has 0 spiro atoms. The van der Waals surface area contributed by atoms with Gasteiger partial charge in [0, 0.05) is 19.6 Å². The highest BCUT2D eigenvalue weighted by molar-refractivity contribution is 5.70. The first-order chi connectivity index (χ1) is 13.8. The minimum absolute atomic E-state index is 0.0277. The fourth-order valence-corrected chi connectivity index (χ4v) is 3.47. The molecular formula is C21H33N5O3. The van der Waals surface area contributed by atoms with Crippen LogP contribution in [-0.2, 0) is 4.74 Å². The highest BCUT2D eigenvalue weighted by Crippen LogP contribution is 2.40. The van der Waals surface area contributed by atoms with Crippen molar-refractivity contribution in [3.8, 4) is 5.75 Å². The zero-order valence-corrected chi connectivity index (χ0v) is 17.7. The molecule has 0 bridgehead atoms. The molecule has 1 aromatic heterocycles. The van der Waals surface area contributed by atoms with E-state index in [4.69, 9.17) is 21.1 Å². The molecule has 4 N–H and O–H groups in total. The number of nitrogens with zero attached hydrogens (tertiary/aromatic N) is 3. The first-order valence-corrected chi connectivity index (χ1v) is 10.3. The Morgan fingerprint density at radius 3 is 2.48 bits per heavy atom. The van der Waals surface area contributed by atoms with Crippen molar-refractivity contribution >= 4 is 11.8 Å². The number of hydrazine groups is 1. The van der Waals surface area contributed by atoms with Crippen LogP contribution in [0.15, 0.2) is 24.0 Å². The second-order valence-corrected chi connectivity index (χ2v) is 8.34. The van der Waals surface area contributed by atoms with Crippen molar-refractivity contribution in [1.29, 1.82) is 0 Å². The molecule has 0 saturated heterocycles. The predicted octanol–water partition coefficient (Wildman–Crippen LogP) is 2.85. The third-order valence-electron chi connectivity index (χ3n) is 5.99. The predicted molar refractivity (Wildman–Crippen MR) is 112 cm³/mol. The zero-order valence-electron chi connectivity index (χ0n) is 17.7. The van der Waals surface area contributed by atoms with Crippen LogP contribution in [0.1, 0.15) is 57.6 Å². The van der Waals surface area contributed by atoms with Crippen molar-refractivity contribution in [2.24, 2.45) is 11.6 Å². The summed E-state index contributed by atoms with van der Waals surface area (Å²) in [7, 11) is 3.41. The van der Waals surface area contributed by atoms with Gasteiger partial charge in [0.15, 0.2) is 0 Å². The third kappa shape index (κ3) is 5.32. The van der Waals surface area contributed by atoms with Crippen LogP contribution >= 0.6 is 0 Å². The highest BCUT2D eigenvalue weighted by Gasteiger charge is 2.44. The maximum Gasteiger partial charge on any atom is 0.410 e. The Bertz CT molecular complexity index is 737. The molecule has 1 aromatic rings. The number of carbonyl (C=O) groups is 1. The normalized spacial score (nSPS) is 19.2. The van der Waals surface area contributed by atoms with Crippen LogP contribution < -0.4 is 16.3 Å². The lowest BCUT2D eigenvalue weighted by Crippen LogP contribution is -2.39. The van der Waals surface area contributed by atoms with Crippen molar-refractivity contribution in [3.63, 3.8) is 0 Å². The fourth-order valence-electron chi connectivity index (χ4n) is 3.47. The van der Waals surface area contributed by atoms with Crippen LogP contribution in [0, 0.1) is 0 Å². The molecule has 2 fully saturated rings. The largest absolute Gasteiger partial charge is 0.489 e. The SMILES string of the molecule is CN(N)/C(COC(=O)N(C)C1(C)CC1)=C(\N)c1ccc(OC2CCCCC2)cn1. The number of pyridine rings is 1. The molecular weight excluding hydrogens is 370 g/mol. The van der Waals surface area contributed by atoms with Crippen LogP contribution in [0.2, 0.25) is 0 Å². The Balaban J connectivity index is 1.64. The number of amides is 1. The maximum absolute atomic E-state index is 12.3. The van der Waals surface area contributed by atoms with Gasteiger partial charge in [0.2, 0.25) is 0 Å². The van der Waals surface area contributed by atoms with Gasteiger partial charge in [-0.3, -0.25) is 4.98 Å². The molecule has 1 amide bonds.